The fraction of sp³-hybridized carbons (Fsp3) is 0.100. The summed E-state index contributed by atoms with van der Waals surface area (Å²) in [5.41, 5.74) is 4.78. The Hall–Kier alpha value is -2.18. The van der Waals surface area contributed by atoms with Gasteiger partial charge in [-0.1, -0.05) is 0 Å². The molecule has 17 heavy (non-hydrogen) atoms. The van der Waals surface area contributed by atoms with Crippen molar-refractivity contribution in [3.8, 4) is 11.4 Å². The summed E-state index contributed by atoms with van der Waals surface area (Å²) in [6.07, 6.45) is -0.877. The summed E-state index contributed by atoms with van der Waals surface area (Å²) in [6.45, 7) is 0. The Morgan fingerprint density at radius 3 is 2.29 bits per heavy atom. The van der Waals surface area contributed by atoms with Crippen LogP contribution in [-0.2, 0) is 6.18 Å². The van der Waals surface area contributed by atoms with Gasteiger partial charge >= 0.3 is 6.18 Å². The lowest BCUT2D eigenvalue weighted by Crippen LogP contribution is -2.11. The highest BCUT2D eigenvalue weighted by atomic mass is 19.4. The van der Waals surface area contributed by atoms with Crippen molar-refractivity contribution in [2.75, 3.05) is 5.73 Å². The quantitative estimate of drug-likeness (QED) is 0.829. The van der Waals surface area contributed by atoms with Gasteiger partial charge < -0.3 is 5.73 Å². The zero-order chi connectivity index (χ0) is 12.5. The molecule has 7 heteroatoms. The fourth-order valence-electron chi connectivity index (χ4n) is 1.25. The molecule has 0 amide bonds. The summed E-state index contributed by atoms with van der Waals surface area (Å²) >= 11 is 0. The van der Waals surface area contributed by atoms with Crippen LogP contribution in [0.5, 0.6) is 0 Å². The molecule has 0 fully saturated rings. The Labute approximate surface area is 94.3 Å². The maximum absolute atomic E-state index is 12.4. The summed E-state index contributed by atoms with van der Waals surface area (Å²) in [5, 5.41) is 0. The molecular weight excluding hydrogens is 233 g/mol. The Morgan fingerprint density at radius 1 is 1.12 bits per heavy atom. The zero-order valence-electron chi connectivity index (χ0n) is 8.44. The van der Waals surface area contributed by atoms with E-state index in [0.717, 1.165) is 0 Å². The molecule has 2 heterocycles. The van der Waals surface area contributed by atoms with Crippen LogP contribution < -0.4 is 5.73 Å². The number of anilines is 1. The Morgan fingerprint density at radius 2 is 1.76 bits per heavy atom. The van der Waals surface area contributed by atoms with Gasteiger partial charge in [-0.2, -0.15) is 13.2 Å². The molecule has 0 bridgehead atoms. The molecule has 88 valence electrons. The smallest absolute Gasteiger partial charge is 0.383 e. The number of pyridine rings is 1. The predicted octanol–water partition coefficient (Wildman–Crippen LogP) is 2.14. The first-order valence-electron chi connectivity index (χ1n) is 4.58. The number of nitrogens with two attached hydrogens (primary N) is 1. The number of hydrogen-bond donors (Lipinski definition) is 1. The number of halogens is 3. The first kappa shape index (κ1) is 11.3. The first-order chi connectivity index (χ1) is 7.98. The van der Waals surface area contributed by atoms with Crippen LogP contribution in [0.15, 0.2) is 30.7 Å². The highest BCUT2D eigenvalue weighted by Gasteiger charge is 2.34. The highest BCUT2D eigenvalue weighted by molar-refractivity contribution is 5.56. The number of hydrogen-bond acceptors (Lipinski definition) is 4. The fourth-order valence-corrected chi connectivity index (χ4v) is 1.25. The molecule has 0 aromatic carbocycles. The maximum Gasteiger partial charge on any atom is 0.421 e. The topological polar surface area (TPSA) is 64.7 Å². The van der Waals surface area contributed by atoms with Gasteiger partial charge in [-0.25, -0.2) is 9.97 Å². The summed E-state index contributed by atoms with van der Waals surface area (Å²) in [6, 6.07) is 3.17. The van der Waals surface area contributed by atoms with Crippen molar-refractivity contribution in [2.45, 2.75) is 6.18 Å². The van der Waals surface area contributed by atoms with E-state index >= 15 is 0 Å². The predicted molar refractivity (Wildman–Crippen MR) is 54.7 cm³/mol. The molecule has 0 radical (unpaired) electrons. The van der Waals surface area contributed by atoms with Crippen LogP contribution in [-0.4, -0.2) is 15.0 Å². The normalized spacial score (nSPS) is 11.5. The Kier molecular flexibility index (Phi) is 2.66. The summed E-state index contributed by atoms with van der Waals surface area (Å²) in [5.74, 6) is -0.447. The van der Waals surface area contributed by atoms with Gasteiger partial charge in [0.15, 0.2) is 5.82 Å². The van der Waals surface area contributed by atoms with E-state index in [9.17, 15) is 13.2 Å². The van der Waals surface area contributed by atoms with Crippen LogP contribution >= 0.6 is 0 Å². The number of aromatic nitrogens is 3. The van der Waals surface area contributed by atoms with Crippen LogP contribution in [0.2, 0.25) is 0 Å². The van der Waals surface area contributed by atoms with Crippen molar-refractivity contribution in [2.24, 2.45) is 0 Å². The SMILES string of the molecule is Nc1nc(-c2ccncc2)ncc1C(F)(F)F. The molecule has 0 saturated heterocycles. The van der Waals surface area contributed by atoms with E-state index in [0.29, 0.717) is 11.8 Å². The van der Waals surface area contributed by atoms with Gasteiger partial charge in [0.25, 0.3) is 0 Å². The molecular formula is C10H7F3N4. The second-order valence-electron chi connectivity index (χ2n) is 3.23. The minimum atomic E-state index is -4.54. The number of rotatable bonds is 1. The first-order valence-corrected chi connectivity index (χ1v) is 4.58. The molecule has 0 aliphatic carbocycles. The lowest BCUT2D eigenvalue weighted by atomic mass is 10.2. The summed E-state index contributed by atoms with van der Waals surface area (Å²) < 4.78 is 37.2. The van der Waals surface area contributed by atoms with Gasteiger partial charge in [0.2, 0.25) is 0 Å². The lowest BCUT2D eigenvalue weighted by Gasteiger charge is -2.09. The molecule has 2 N–H and O–H groups in total. The third kappa shape index (κ3) is 2.32. The monoisotopic (exact) mass is 240 g/mol. The third-order valence-electron chi connectivity index (χ3n) is 2.06. The molecule has 0 saturated carbocycles. The van der Waals surface area contributed by atoms with E-state index in [4.69, 9.17) is 5.73 Å². The Balaban J connectivity index is 2.45. The van der Waals surface area contributed by atoms with Crippen molar-refractivity contribution in [1.29, 1.82) is 0 Å². The van der Waals surface area contributed by atoms with Crippen molar-refractivity contribution in [3.05, 3.63) is 36.3 Å². The van der Waals surface area contributed by atoms with Gasteiger partial charge in [-0.05, 0) is 12.1 Å². The van der Waals surface area contributed by atoms with Crippen molar-refractivity contribution < 1.29 is 13.2 Å². The highest BCUT2D eigenvalue weighted by Crippen LogP contribution is 2.32. The van der Waals surface area contributed by atoms with Gasteiger partial charge in [0.05, 0.1) is 0 Å². The van der Waals surface area contributed by atoms with E-state index in [-0.39, 0.29) is 5.82 Å². The van der Waals surface area contributed by atoms with Gasteiger partial charge in [0, 0.05) is 24.2 Å². The summed E-state index contributed by atoms with van der Waals surface area (Å²) in [7, 11) is 0. The van der Waals surface area contributed by atoms with Gasteiger partial charge in [-0.15, -0.1) is 0 Å². The third-order valence-corrected chi connectivity index (χ3v) is 2.06. The molecule has 0 aliphatic heterocycles. The Bertz CT molecular complexity index is 525. The average Bonchev–Trinajstić information content (AvgIpc) is 2.28. The van der Waals surface area contributed by atoms with E-state index in [1.165, 1.54) is 12.4 Å². The number of nitrogen functional groups attached to an aromatic ring is 1. The van der Waals surface area contributed by atoms with Crippen molar-refractivity contribution >= 4 is 5.82 Å². The molecule has 0 unspecified atom stereocenters. The minimum absolute atomic E-state index is 0.137. The van der Waals surface area contributed by atoms with Crippen molar-refractivity contribution in [3.63, 3.8) is 0 Å². The van der Waals surface area contributed by atoms with Crippen LogP contribution in [0.3, 0.4) is 0 Å². The lowest BCUT2D eigenvalue weighted by molar-refractivity contribution is -0.137. The van der Waals surface area contributed by atoms with Crippen LogP contribution in [0, 0.1) is 0 Å². The average molecular weight is 240 g/mol. The summed E-state index contributed by atoms with van der Waals surface area (Å²) in [4.78, 5) is 11.0. The van der Waals surface area contributed by atoms with E-state index in [1.807, 2.05) is 0 Å². The molecule has 2 rings (SSSR count). The second-order valence-corrected chi connectivity index (χ2v) is 3.23. The minimum Gasteiger partial charge on any atom is -0.383 e. The molecule has 0 atom stereocenters. The molecule has 0 aliphatic rings. The van der Waals surface area contributed by atoms with E-state index in [1.54, 1.807) is 12.1 Å². The van der Waals surface area contributed by atoms with Gasteiger partial charge in [0.1, 0.15) is 11.4 Å². The largest absolute Gasteiger partial charge is 0.421 e. The van der Waals surface area contributed by atoms with Crippen LogP contribution in [0.25, 0.3) is 11.4 Å². The van der Waals surface area contributed by atoms with E-state index < -0.39 is 17.6 Å². The molecule has 2 aromatic rings. The number of alkyl halides is 3. The molecule has 4 nitrogen and oxygen atoms in total. The van der Waals surface area contributed by atoms with Crippen molar-refractivity contribution in [1.82, 2.24) is 15.0 Å². The molecule has 0 spiro atoms. The maximum atomic E-state index is 12.4. The number of nitrogens with zero attached hydrogens (tertiary/aromatic N) is 3. The second kappa shape index (κ2) is 4.00. The van der Waals surface area contributed by atoms with Gasteiger partial charge in [-0.3, -0.25) is 4.98 Å². The standard InChI is InChI=1S/C10H7F3N4/c11-10(12,13)7-5-16-9(17-8(7)14)6-1-3-15-4-2-6/h1-5H,(H2,14,16,17). The zero-order valence-corrected chi connectivity index (χ0v) is 8.44. The molecule has 2 aromatic heterocycles. The van der Waals surface area contributed by atoms with E-state index in [2.05, 4.69) is 15.0 Å². The van der Waals surface area contributed by atoms with Crippen LogP contribution in [0.1, 0.15) is 5.56 Å². The van der Waals surface area contributed by atoms with Crippen LogP contribution in [0.4, 0.5) is 19.0 Å².